The fourth-order valence-electron chi connectivity index (χ4n) is 7.51. The number of nitrogens with zero attached hydrogens (tertiary/aromatic N) is 5. The molecule has 10 nitrogen and oxygen atoms in total. The Morgan fingerprint density at radius 1 is 1.10 bits per heavy atom. The van der Waals surface area contributed by atoms with E-state index in [0.717, 1.165) is 0 Å². The normalized spacial score (nSPS) is 17.5. The van der Waals surface area contributed by atoms with Crippen LogP contribution in [-0.4, -0.2) is 55.5 Å². The molecule has 248 valence electrons. The van der Waals surface area contributed by atoms with Crippen LogP contribution in [0.4, 0.5) is 10.1 Å². The number of anilines is 1. The number of piperazine rings is 1. The molecule has 0 bridgehead atoms. The van der Waals surface area contributed by atoms with Crippen molar-refractivity contribution in [3.63, 3.8) is 0 Å². The number of hydrogen-bond donors (Lipinski definition) is 1. The molecule has 0 aliphatic carbocycles. The maximum absolute atomic E-state index is 16.8. The molecule has 0 saturated carbocycles. The summed E-state index contributed by atoms with van der Waals surface area (Å²) in [6, 6.07) is 4.48. The van der Waals surface area contributed by atoms with Gasteiger partial charge in [0.1, 0.15) is 12.1 Å². The third-order valence-corrected chi connectivity index (χ3v) is 10.1. The molecule has 48 heavy (non-hydrogen) atoms. The fraction of sp³-hybridized carbons (Fsp3) is 0.361. The van der Waals surface area contributed by atoms with Crippen molar-refractivity contribution in [2.24, 2.45) is 0 Å². The van der Waals surface area contributed by atoms with Crippen molar-refractivity contribution < 1.29 is 13.6 Å². The number of aryl methyl sites for hydroxylation is 1. The molecule has 2 unspecified atom stereocenters. The number of nitrogens with one attached hydrogen (secondary N) is 1. The van der Waals surface area contributed by atoms with E-state index < -0.39 is 11.6 Å². The molecular formula is C36H36ClFN6O4. The van der Waals surface area contributed by atoms with E-state index in [2.05, 4.69) is 26.4 Å². The van der Waals surface area contributed by atoms with Gasteiger partial charge in [0.05, 0.1) is 44.9 Å². The largest absolute Gasteiger partial charge is 0.417 e. The van der Waals surface area contributed by atoms with Crippen molar-refractivity contribution in [3.8, 4) is 16.8 Å². The van der Waals surface area contributed by atoms with Gasteiger partial charge in [0.25, 0.3) is 5.56 Å². The van der Waals surface area contributed by atoms with Crippen molar-refractivity contribution in [1.82, 2.24) is 24.4 Å². The summed E-state index contributed by atoms with van der Waals surface area (Å²) in [4.78, 5) is 55.9. The van der Waals surface area contributed by atoms with E-state index in [-0.39, 0.29) is 51.6 Å². The Kier molecular flexibility index (Phi) is 7.58. The summed E-state index contributed by atoms with van der Waals surface area (Å²) in [6.07, 6.45) is 3.17. The SMILES string of the molecule is C=CC(=O)N1CC2Cc3c(c4cc(F)c(-c5c(C)ccc6[nH]c(=O)oc56)c(Cl)c4n(-c4c(C(C)C)ncnc4C(C)C)c3=O)N2CC1C. The van der Waals surface area contributed by atoms with Crippen molar-refractivity contribution in [2.45, 2.75) is 71.9 Å². The Labute approximate surface area is 280 Å². The molecule has 12 heteroatoms. The third kappa shape index (κ3) is 4.62. The molecule has 2 aliphatic rings. The van der Waals surface area contributed by atoms with E-state index >= 15 is 9.18 Å². The summed E-state index contributed by atoms with van der Waals surface area (Å²) in [7, 11) is 0. The number of halogens is 2. The van der Waals surface area contributed by atoms with Crippen LogP contribution >= 0.6 is 11.6 Å². The minimum atomic E-state index is -0.678. The standard InChI is InChI=1S/C36H36ClFN6O4/c1-8-25(45)42-14-20-11-22-31(43(20)13-19(42)7)21-12-23(38)27(26-18(6)9-10-24-34(26)48-36(47)41-24)28(37)32(21)44(35(22)46)33-29(16(2)3)39-15-40-30(33)17(4)5/h8-10,12,15-17,19-20H,1,11,13-14H2,2-7H3,(H,41,47). The van der Waals surface area contributed by atoms with E-state index in [1.807, 2.05) is 34.6 Å². The van der Waals surface area contributed by atoms with Crippen molar-refractivity contribution >= 4 is 45.2 Å². The third-order valence-electron chi connectivity index (χ3n) is 9.69. The highest BCUT2D eigenvalue weighted by molar-refractivity contribution is 6.39. The average molecular weight is 671 g/mol. The molecule has 0 spiro atoms. The monoisotopic (exact) mass is 670 g/mol. The number of aromatic amines is 1. The second-order valence-corrected chi connectivity index (χ2v) is 13.8. The average Bonchev–Trinajstić information content (AvgIpc) is 3.61. The van der Waals surface area contributed by atoms with Crippen LogP contribution in [-0.2, 0) is 11.2 Å². The molecular weight excluding hydrogens is 635 g/mol. The number of aromatic nitrogens is 4. The zero-order chi connectivity index (χ0) is 34.3. The van der Waals surface area contributed by atoms with Crippen LogP contribution in [0.25, 0.3) is 38.8 Å². The van der Waals surface area contributed by atoms with Crippen molar-refractivity contribution in [3.05, 3.63) is 91.4 Å². The molecule has 2 aliphatic heterocycles. The molecule has 5 heterocycles. The van der Waals surface area contributed by atoms with Gasteiger partial charge in [-0.15, -0.1) is 0 Å². The molecule has 5 aromatic rings. The predicted molar refractivity (Wildman–Crippen MR) is 185 cm³/mol. The van der Waals surface area contributed by atoms with Gasteiger partial charge in [0.15, 0.2) is 5.58 Å². The van der Waals surface area contributed by atoms with Crippen LogP contribution in [0.1, 0.15) is 69.0 Å². The molecule has 3 aromatic heterocycles. The quantitative estimate of drug-likeness (QED) is 0.216. The van der Waals surface area contributed by atoms with E-state index in [1.54, 1.807) is 28.5 Å². The lowest BCUT2D eigenvalue weighted by Crippen LogP contribution is -2.57. The molecule has 1 saturated heterocycles. The summed E-state index contributed by atoms with van der Waals surface area (Å²) in [5.41, 5.74) is 4.48. The molecule has 1 N–H and O–H groups in total. The number of amides is 1. The summed E-state index contributed by atoms with van der Waals surface area (Å²) in [6.45, 7) is 16.2. The number of pyridine rings is 1. The van der Waals surface area contributed by atoms with Gasteiger partial charge in [-0.2, -0.15) is 0 Å². The molecule has 2 atom stereocenters. The first-order valence-electron chi connectivity index (χ1n) is 16.1. The Bertz CT molecular complexity index is 2280. The number of carbonyl (C=O) groups is 1. The highest BCUT2D eigenvalue weighted by atomic mass is 35.5. The van der Waals surface area contributed by atoms with Gasteiger partial charge in [0, 0.05) is 47.6 Å². The molecule has 0 radical (unpaired) electrons. The van der Waals surface area contributed by atoms with Gasteiger partial charge in [-0.05, 0) is 49.5 Å². The zero-order valence-electron chi connectivity index (χ0n) is 27.6. The second-order valence-electron chi connectivity index (χ2n) is 13.4. The first kappa shape index (κ1) is 31.8. The predicted octanol–water partition coefficient (Wildman–Crippen LogP) is 6.38. The molecule has 7 rings (SSSR count). The highest BCUT2D eigenvalue weighted by Crippen LogP contribution is 2.47. The van der Waals surface area contributed by atoms with E-state index in [1.165, 1.54) is 18.5 Å². The molecule has 1 amide bonds. The molecule has 1 fully saturated rings. The van der Waals surface area contributed by atoms with Gasteiger partial charge in [-0.25, -0.2) is 19.2 Å². The van der Waals surface area contributed by atoms with Gasteiger partial charge in [-0.1, -0.05) is 51.9 Å². The number of H-pyrrole nitrogens is 1. The van der Waals surface area contributed by atoms with E-state index in [0.29, 0.717) is 75.4 Å². The Morgan fingerprint density at radius 2 is 1.79 bits per heavy atom. The van der Waals surface area contributed by atoms with Gasteiger partial charge in [0.2, 0.25) is 5.91 Å². The lowest BCUT2D eigenvalue weighted by atomic mass is 9.95. The first-order valence-corrected chi connectivity index (χ1v) is 16.5. The maximum Gasteiger partial charge on any atom is 0.417 e. The van der Waals surface area contributed by atoms with Crippen molar-refractivity contribution in [2.75, 3.05) is 18.0 Å². The van der Waals surface area contributed by atoms with E-state index in [4.69, 9.17) is 16.0 Å². The number of oxazole rings is 1. The molecule has 2 aromatic carbocycles. The Balaban J connectivity index is 1.63. The number of carbonyl (C=O) groups excluding carboxylic acids is 1. The van der Waals surface area contributed by atoms with Crippen LogP contribution in [0.15, 0.2) is 51.2 Å². The smallest absolute Gasteiger partial charge is 0.407 e. The lowest BCUT2D eigenvalue weighted by molar-refractivity contribution is -0.128. The summed E-state index contributed by atoms with van der Waals surface area (Å²) < 4.78 is 23.9. The summed E-state index contributed by atoms with van der Waals surface area (Å²) in [5.74, 6) is -1.67. The maximum atomic E-state index is 16.8. The minimum absolute atomic E-state index is 0.00501. The van der Waals surface area contributed by atoms with Gasteiger partial charge >= 0.3 is 5.76 Å². The van der Waals surface area contributed by atoms with Crippen LogP contribution in [0, 0.1) is 12.7 Å². The van der Waals surface area contributed by atoms with Crippen LogP contribution in [0.2, 0.25) is 5.02 Å². The van der Waals surface area contributed by atoms with Crippen LogP contribution < -0.4 is 16.2 Å². The Hall–Kier alpha value is -4.77. The van der Waals surface area contributed by atoms with Crippen LogP contribution in [0.3, 0.4) is 0 Å². The number of rotatable bonds is 5. The van der Waals surface area contributed by atoms with Crippen LogP contribution in [0.5, 0.6) is 0 Å². The second kappa shape index (κ2) is 11.4. The fourth-order valence-corrected chi connectivity index (χ4v) is 7.89. The van der Waals surface area contributed by atoms with Gasteiger partial charge < -0.3 is 14.2 Å². The summed E-state index contributed by atoms with van der Waals surface area (Å²) >= 11 is 7.39. The Morgan fingerprint density at radius 3 is 2.44 bits per heavy atom. The summed E-state index contributed by atoms with van der Waals surface area (Å²) in [5, 5.41) is 0.456. The van der Waals surface area contributed by atoms with Crippen molar-refractivity contribution in [1.29, 1.82) is 0 Å². The highest BCUT2D eigenvalue weighted by Gasteiger charge is 2.42. The first-order chi connectivity index (χ1) is 22.8. The number of benzene rings is 2. The minimum Gasteiger partial charge on any atom is -0.407 e. The van der Waals surface area contributed by atoms with Gasteiger partial charge in [-0.3, -0.25) is 19.1 Å². The number of hydrogen-bond acceptors (Lipinski definition) is 7. The van der Waals surface area contributed by atoms with E-state index in [9.17, 15) is 9.59 Å². The lowest BCUT2D eigenvalue weighted by Gasteiger charge is -2.43. The zero-order valence-corrected chi connectivity index (χ0v) is 28.4. The number of fused-ring (bicyclic) bond motifs is 6. The topological polar surface area (TPSA) is 117 Å².